The molecular weight excluding hydrogens is 338 g/mol. The largest absolute Gasteiger partial charge is 0.496 e. The van der Waals surface area contributed by atoms with Crippen molar-refractivity contribution in [3.05, 3.63) is 51.2 Å². The molecule has 4 heteroatoms. The van der Waals surface area contributed by atoms with Gasteiger partial charge in [0.1, 0.15) is 5.75 Å². The molecule has 0 radical (unpaired) electrons. The van der Waals surface area contributed by atoms with Gasteiger partial charge >= 0.3 is 0 Å². The highest BCUT2D eigenvalue weighted by Gasteiger charge is 2.27. The summed E-state index contributed by atoms with van der Waals surface area (Å²) in [6.07, 6.45) is 4.95. The molecule has 3 rings (SSSR count). The lowest BCUT2D eigenvalue weighted by atomic mass is 9.75. The third-order valence-corrected chi connectivity index (χ3v) is 6.14. The van der Waals surface area contributed by atoms with Crippen LogP contribution in [-0.2, 0) is 6.42 Å². The average Bonchev–Trinajstić information content (AvgIpc) is 3.09. The minimum absolute atomic E-state index is 0. The summed E-state index contributed by atoms with van der Waals surface area (Å²) >= 11 is 1.89. The minimum Gasteiger partial charge on any atom is -0.496 e. The van der Waals surface area contributed by atoms with E-state index in [2.05, 4.69) is 48.9 Å². The lowest BCUT2D eigenvalue weighted by Gasteiger charge is -2.31. The van der Waals surface area contributed by atoms with E-state index in [1.165, 1.54) is 35.3 Å². The monoisotopic (exact) mass is 365 g/mol. The zero-order chi connectivity index (χ0) is 16.2. The van der Waals surface area contributed by atoms with Crippen molar-refractivity contribution < 1.29 is 4.74 Å². The Labute approximate surface area is 156 Å². The van der Waals surface area contributed by atoms with Crippen LogP contribution in [0.5, 0.6) is 5.75 Å². The van der Waals surface area contributed by atoms with Crippen LogP contribution in [0.4, 0.5) is 0 Å². The summed E-state index contributed by atoms with van der Waals surface area (Å²) in [6.45, 7) is 3.31. The van der Waals surface area contributed by atoms with Gasteiger partial charge in [-0.15, -0.1) is 23.7 Å². The molecule has 0 saturated heterocycles. The van der Waals surface area contributed by atoms with E-state index in [0.717, 1.165) is 18.7 Å². The molecular formula is C20H28ClNOS. The normalized spacial score (nSPS) is 17.7. The Morgan fingerprint density at radius 2 is 2.17 bits per heavy atom. The van der Waals surface area contributed by atoms with Gasteiger partial charge in [0.25, 0.3) is 0 Å². The van der Waals surface area contributed by atoms with Crippen LogP contribution < -0.4 is 10.1 Å². The highest BCUT2D eigenvalue weighted by atomic mass is 35.5. The zero-order valence-corrected chi connectivity index (χ0v) is 16.4. The number of benzene rings is 1. The van der Waals surface area contributed by atoms with Gasteiger partial charge in [-0.3, -0.25) is 0 Å². The van der Waals surface area contributed by atoms with Crippen LogP contribution in [0.2, 0.25) is 0 Å². The van der Waals surface area contributed by atoms with Crippen molar-refractivity contribution >= 4 is 23.7 Å². The number of methoxy groups -OCH3 is 1. The predicted octanol–water partition coefficient (Wildman–Crippen LogP) is 5.30. The summed E-state index contributed by atoms with van der Waals surface area (Å²) in [5, 5.41) is 5.58. The molecule has 2 nitrogen and oxygen atoms in total. The van der Waals surface area contributed by atoms with Gasteiger partial charge in [0.05, 0.1) is 7.11 Å². The molecule has 1 aromatic heterocycles. The Kier molecular flexibility index (Phi) is 7.15. The molecule has 1 aliphatic rings. The fourth-order valence-corrected chi connectivity index (χ4v) is 4.94. The average molecular weight is 366 g/mol. The van der Waals surface area contributed by atoms with Gasteiger partial charge in [-0.05, 0) is 79.8 Å². The maximum Gasteiger partial charge on any atom is 0.122 e. The number of thiophene rings is 1. The first-order valence-electron chi connectivity index (χ1n) is 8.59. The molecule has 0 bridgehead atoms. The molecule has 0 fully saturated rings. The number of likely N-dealkylation sites (N-methyl/N-ethyl adjacent to an activating group) is 1. The summed E-state index contributed by atoms with van der Waals surface area (Å²) in [4.78, 5) is 1.51. The van der Waals surface area contributed by atoms with Gasteiger partial charge in [-0.25, -0.2) is 0 Å². The molecule has 24 heavy (non-hydrogen) atoms. The standard InChI is InChI=1S/C20H27NOS.ClH/c1-14-9-10-18(22-3)17-7-4-6-15(20(14)17)12-16(13-21-2)19-8-5-11-23-19;/h5,8-11,15-16,21H,4,6-7,12-13H2,1-3H3;1H. The molecule has 132 valence electrons. The quantitative estimate of drug-likeness (QED) is 0.749. The van der Waals surface area contributed by atoms with Gasteiger partial charge in [-0.1, -0.05) is 12.1 Å². The predicted molar refractivity (Wildman–Crippen MR) is 106 cm³/mol. The number of fused-ring (bicyclic) bond motifs is 1. The number of hydrogen-bond donors (Lipinski definition) is 1. The molecule has 2 unspecified atom stereocenters. The van der Waals surface area contributed by atoms with Crippen LogP contribution >= 0.6 is 23.7 Å². The van der Waals surface area contributed by atoms with E-state index in [1.54, 1.807) is 12.7 Å². The van der Waals surface area contributed by atoms with Crippen molar-refractivity contribution in [2.75, 3.05) is 20.7 Å². The van der Waals surface area contributed by atoms with Crippen molar-refractivity contribution in [3.8, 4) is 5.75 Å². The number of nitrogens with one attached hydrogen (secondary N) is 1. The van der Waals surface area contributed by atoms with Gasteiger partial charge in [0, 0.05) is 17.3 Å². The molecule has 1 N–H and O–H groups in total. The smallest absolute Gasteiger partial charge is 0.122 e. The summed E-state index contributed by atoms with van der Waals surface area (Å²) in [5.41, 5.74) is 4.45. The molecule has 2 aromatic rings. The summed E-state index contributed by atoms with van der Waals surface area (Å²) in [6, 6.07) is 8.83. The lowest BCUT2D eigenvalue weighted by molar-refractivity contribution is 0.397. The molecule has 0 spiro atoms. The van der Waals surface area contributed by atoms with Gasteiger partial charge in [0.2, 0.25) is 0 Å². The van der Waals surface area contributed by atoms with Crippen LogP contribution in [-0.4, -0.2) is 20.7 Å². The molecule has 1 aliphatic carbocycles. The second kappa shape index (κ2) is 8.89. The van der Waals surface area contributed by atoms with Gasteiger partial charge in [-0.2, -0.15) is 0 Å². The molecule has 2 atom stereocenters. The Morgan fingerprint density at radius 1 is 1.33 bits per heavy atom. The van der Waals surface area contributed by atoms with Crippen LogP contribution in [0, 0.1) is 6.92 Å². The van der Waals surface area contributed by atoms with E-state index >= 15 is 0 Å². The topological polar surface area (TPSA) is 21.3 Å². The first-order valence-corrected chi connectivity index (χ1v) is 9.47. The van der Waals surface area contributed by atoms with Gasteiger partial charge in [0.15, 0.2) is 0 Å². The van der Waals surface area contributed by atoms with E-state index in [4.69, 9.17) is 4.74 Å². The summed E-state index contributed by atoms with van der Waals surface area (Å²) in [5.74, 6) is 2.33. The minimum atomic E-state index is 0. The summed E-state index contributed by atoms with van der Waals surface area (Å²) in [7, 11) is 3.85. The van der Waals surface area contributed by atoms with Crippen molar-refractivity contribution in [3.63, 3.8) is 0 Å². The Balaban J connectivity index is 0.00000208. The lowest BCUT2D eigenvalue weighted by Crippen LogP contribution is -2.21. The Morgan fingerprint density at radius 3 is 2.83 bits per heavy atom. The highest BCUT2D eigenvalue weighted by Crippen LogP contribution is 2.43. The summed E-state index contributed by atoms with van der Waals surface area (Å²) < 4.78 is 5.63. The second-order valence-electron chi connectivity index (χ2n) is 6.57. The zero-order valence-electron chi connectivity index (χ0n) is 14.8. The number of halogens is 1. The Hall–Kier alpha value is -1.03. The molecule has 0 saturated carbocycles. The molecule has 0 amide bonds. The third-order valence-electron chi connectivity index (χ3n) is 5.10. The third kappa shape index (κ3) is 3.96. The van der Waals surface area contributed by atoms with Crippen LogP contribution in [0.15, 0.2) is 29.6 Å². The first-order chi connectivity index (χ1) is 11.2. The van der Waals surface area contributed by atoms with Crippen molar-refractivity contribution in [1.82, 2.24) is 5.32 Å². The van der Waals surface area contributed by atoms with Crippen LogP contribution in [0.25, 0.3) is 0 Å². The molecule has 1 heterocycles. The number of rotatable bonds is 6. The Bertz CT molecular complexity index is 641. The number of ether oxygens (including phenoxy) is 1. The van der Waals surface area contributed by atoms with E-state index in [0.29, 0.717) is 11.8 Å². The van der Waals surface area contributed by atoms with E-state index in [9.17, 15) is 0 Å². The van der Waals surface area contributed by atoms with Crippen molar-refractivity contribution in [2.45, 2.75) is 44.4 Å². The van der Waals surface area contributed by atoms with Crippen molar-refractivity contribution in [1.29, 1.82) is 0 Å². The molecule has 0 aliphatic heterocycles. The second-order valence-corrected chi connectivity index (χ2v) is 7.55. The maximum absolute atomic E-state index is 5.63. The van der Waals surface area contributed by atoms with E-state index in [1.807, 2.05) is 11.3 Å². The van der Waals surface area contributed by atoms with Crippen LogP contribution in [0.1, 0.15) is 52.7 Å². The fourth-order valence-electron chi connectivity index (χ4n) is 4.10. The van der Waals surface area contributed by atoms with E-state index < -0.39 is 0 Å². The fraction of sp³-hybridized carbons (Fsp3) is 0.500. The number of hydrogen-bond acceptors (Lipinski definition) is 3. The van der Waals surface area contributed by atoms with Crippen LogP contribution in [0.3, 0.4) is 0 Å². The highest BCUT2D eigenvalue weighted by molar-refractivity contribution is 7.10. The number of aryl methyl sites for hydroxylation is 1. The first kappa shape index (κ1) is 19.3. The molecule has 1 aromatic carbocycles. The maximum atomic E-state index is 5.63. The van der Waals surface area contributed by atoms with Gasteiger partial charge < -0.3 is 10.1 Å². The van der Waals surface area contributed by atoms with E-state index in [-0.39, 0.29) is 12.4 Å². The SMILES string of the molecule is CNCC(CC1CCCc2c(OC)ccc(C)c21)c1cccs1.Cl. The van der Waals surface area contributed by atoms with Crippen molar-refractivity contribution in [2.24, 2.45) is 0 Å².